The smallest absolute Gasteiger partial charge is 0.262 e. The van der Waals surface area contributed by atoms with Crippen LogP contribution in [0.4, 0.5) is 0 Å². The first-order valence-corrected chi connectivity index (χ1v) is 6.66. The molecule has 2 amide bonds. The molecule has 19 heavy (non-hydrogen) atoms. The number of imide groups is 1. The summed E-state index contributed by atoms with van der Waals surface area (Å²) in [6, 6.07) is 3.43. The van der Waals surface area contributed by atoms with Gasteiger partial charge in [-0.3, -0.25) is 14.5 Å². The predicted octanol–water partition coefficient (Wildman–Crippen LogP) is 1.96. The highest BCUT2D eigenvalue weighted by atomic mass is 79.9. The van der Waals surface area contributed by atoms with E-state index >= 15 is 0 Å². The summed E-state index contributed by atoms with van der Waals surface area (Å²) in [5.41, 5.74) is 1.50. The number of rotatable bonds is 3. The fourth-order valence-electron chi connectivity index (χ4n) is 1.96. The molecule has 1 aliphatic heterocycles. The molecule has 2 rings (SSSR count). The molecule has 0 bridgehead atoms. The molecule has 1 aliphatic rings. The van der Waals surface area contributed by atoms with Crippen LogP contribution in [-0.4, -0.2) is 48.6 Å². The van der Waals surface area contributed by atoms with Gasteiger partial charge in [0.2, 0.25) is 0 Å². The van der Waals surface area contributed by atoms with Crippen LogP contribution >= 0.6 is 15.9 Å². The molecule has 0 aliphatic carbocycles. The van der Waals surface area contributed by atoms with Gasteiger partial charge in [-0.15, -0.1) is 0 Å². The van der Waals surface area contributed by atoms with Crippen molar-refractivity contribution in [2.75, 3.05) is 20.6 Å². The maximum absolute atomic E-state index is 12.3. The summed E-state index contributed by atoms with van der Waals surface area (Å²) in [7, 11) is 3.58. The molecule has 0 unspecified atom stereocenters. The normalized spacial score (nSPS) is 14.4. The molecule has 5 nitrogen and oxygen atoms in total. The van der Waals surface area contributed by atoms with E-state index in [1.54, 1.807) is 44.4 Å². The van der Waals surface area contributed by atoms with Gasteiger partial charge in [0.25, 0.3) is 11.8 Å². The quantitative estimate of drug-likeness (QED) is 0.485. The minimum absolute atomic E-state index is 0.241. The zero-order valence-corrected chi connectivity index (χ0v) is 12.6. The number of hydrazone groups is 1. The van der Waals surface area contributed by atoms with Crippen LogP contribution in [0.25, 0.3) is 0 Å². The number of fused-ring (bicyclic) bond motifs is 1. The van der Waals surface area contributed by atoms with Crippen molar-refractivity contribution in [1.29, 1.82) is 0 Å². The molecule has 1 heterocycles. The lowest BCUT2D eigenvalue weighted by molar-refractivity contribution is 0.0663. The van der Waals surface area contributed by atoms with Crippen molar-refractivity contribution in [1.82, 2.24) is 9.91 Å². The van der Waals surface area contributed by atoms with Gasteiger partial charge < -0.3 is 5.01 Å². The third kappa shape index (κ3) is 2.28. The summed E-state index contributed by atoms with van der Waals surface area (Å²) < 4.78 is 0.746. The third-order valence-electron chi connectivity index (χ3n) is 2.86. The number of amides is 2. The SMILES string of the molecule is CCN1C(=O)c2ccc(Br)c(/C=N/N(C)C)c2C1=O. The Bertz CT molecular complexity index is 581. The molecule has 0 N–H and O–H groups in total. The lowest BCUT2D eigenvalue weighted by atomic mass is 10.0. The van der Waals surface area contributed by atoms with Crippen LogP contribution in [0.15, 0.2) is 21.7 Å². The van der Waals surface area contributed by atoms with Gasteiger partial charge in [-0.05, 0) is 19.1 Å². The van der Waals surface area contributed by atoms with Gasteiger partial charge in [0.15, 0.2) is 0 Å². The summed E-state index contributed by atoms with van der Waals surface area (Å²) >= 11 is 3.40. The summed E-state index contributed by atoms with van der Waals surface area (Å²) in [5.74, 6) is -0.501. The van der Waals surface area contributed by atoms with Crippen LogP contribution in [0.3, 0.4) is 0 Å². The Morgan fingerprint density at radius 1 is 1.32 bits per heavy atom. The van der Waals surface area contributed by atoms with Gasteiger partial charge in [-0.2, -0.15) is 5.10 Å². The summed E-state index contributed by atoms with van der Waals surface area (Å²) in [6.07, 6.45) is 1.59. The van der Waals surface area contributed by atoms with Crippen LogP contribution in [0.1, 0.15) is 33.2 Å². The van der Waals surface area contributed by atoms with Crippen molar-refractivity contribution in [2.45, 2.75) is 6.92 Å². The second-order valence-electron chi connectivity index (χ2n) is 4.33. The number of carbonyl (C=O) groups excluding carboxylic acids is 2. The van der Waals surface area contributed by atoms with Gasteiger partial charge in [-0.25, -0.2) is 0 Å². The van der Waals surface area contributed by atoms with Crippen LogP contribution < -0.4 is 0 Å². The maximum atomic E-state index is 12.3. The summed E-state index contributed by atoms with van der Waals surface area (Å²) in [6.45, 7) is 2.15. The standard InChI is InChI=1S/C13H14BrN3O2/c1-4-17-12(18)8-5-6-10(14)9(7-15-16(2)3)11(8)13(17)19/h5-7H,4H2,1-3H3/b15-7+. The van der Waals surface area contributed by atoms with Crippen LogP contribution in [-0.2, 0) is 0 Å². The first kappa shape index (κ1) is 13.7. The van der Waals surface area contributed by atoms with Gasteiger partial charge in [0.05, 0.1) is 17.3 Å². The van der Waals surface area contributed by atoms with Crippen molar-refractivity contribution in [3.05, 3.63) is 33.3 Å². The summed E-state index contributed by atoms with van der Waals surface area (Å²) in [5, 5.41) is 5.77. The van der Waals surface area contributed by atoms with Crippen molar-refractivity contribution in [3.63, 3.8) is 0 Å². The fraction of sp³-hybridized carbons (Fsp3) is 0.308. The van der Waals surface area contributed by atoms with Crippen LogP contribution in [0.5, 0.6) is 0 Å². The molecule has 100 valence electrons. The second-order valence-corrected chi connectivity index (χ2v) is 5.18. The van der Waals surface area contributed by atoms with E-state index < -0.39 is 0 Å². The minimum atomic E-state index is -0.260. The fourth-order valence-corrected chi connectivity index (χ4v) is 2.39. The molecule has 0 atom stereocenters. The average molecular weight is 324 g/mol. The largest absolute Gasteiger partial charge is 0.303 e. The first-order valence-electron chi connectivity index (χ1n) is 5.87. The van der Waals surface area contributed by atoms with E-state index in [9.17, 15) is 9.59 Å². The Kier molecular flexibility index (Phi) is 3.71. The zero-order valence-electron chi connectivity index (χ0n) is 11.0. The highest BCUT2D eigenvalue weighted by Gasteiger charge is 2.36. The number of benzene rings is 1. The number of hydrogen-bond acceptors (Lipinski definition) is 4. The second kappa shape index (κ2) is 5.13. The molecule has 0 saturated carbocycles. The van der Waals surface area contributed by atoms with Gasteiger partial charge in [0.1, 0.15) is 0 Å². The van der Waals surface area contributed by atoms with E-state index in [2.05, 4.69) is 21.0 Å². The molecule has 0 fully saturated rings. The van der Waals surface area contributed by atoms with Crippen molar-refractivity contribution >= 4 is 34.0 Å². The molecule has 6 heteroatoms. The Balaban J connectivity index is 2.60. The van der Waals surface area contributed by atoms with Crippen LogP contribution in [0.2, 0.25) is 0 Å². The maximum Gasteiger partial charge on any atom is 0.262 e. The van der Waals surface area contributed by atoms with E-state index in [0.29, 0.717) is 23.2 Å². The molecule has 1 aromatic carbocycles. The molecular formula is C13H14BrN3O2. The van der Waals surface area contributed by atoms with Gasteiger partial charge in [-0.1, -0.05) is 15.9 Å². The van der Waals surface area contributed by atoms with Crippen molar-refractivity contribution in [3.8, 4) is 0 Å². The van der Waals surface area contributed by atoms with E-state index in [0.717, 1.165) is 4.47 Å². The van der Waals surface area contributed by atoms with E-state index in [1.807, 2.05) is 0 Å². The Morgan fingerprint density at radius 3 is 2.58 bits per heavy atom. The zero-order chi connectivity index (χ0) is 14.2. The Labute approximate surface area is 120 Å². The number of nitrogens with zero attached hydrogens (tertiary/aromatic N) is 3. The van der Waals surface area contributed by atoms with Gasteiger partial charge >= 0.3 is 0 Å². The first-order chi connectivity index (χ1) is 8.97. The van der Waals surface area contributed by atoms with Crippen molar-refractivity contribution in [2.24, 2.45) is 5.10 Å². The van der Waals surface area contributed by atoms with Crippen molar-refractivity contribution < 1.29 is 9.59 Å². The highest BCUT2D eigenvalue weighted by Crippen LogP contribution is 2.29. The average Bonchev–Trinajstić information content (AvgIpc) is 2.60. The number of hydrogen-bond donors (Lipinski definition) is 0. The van der Waals surface area contributed by atoms with E-state index in [4.69, 9.17) is 0 Å². The number of carbonyl (C=O) groups is 2. The molecule has 1 aromatic rings. The summed E-state index contributed by atoms with van der Waals surface area (Å²) in [4.78, 5) is 25.6. The topological polar surface area (TPSA) is 53.0 Å². The molecule has 0 radical (unpaired) electrons. The lowest BCUT2D eigenvalue weighted by Gasteiger charge is -2.09. The van der Waals surface area contributed by atoms with E-state index in [1.165, 1.54) is 4.90 Å². The molecule has 0 saturated heterocycles. The van der Waals surface area contributed by atoms with Gasteiger partial charge in [0, 0.05) is 30.7 Å². The molecule has 0 aromatic heterocycles. The Morgan fingerprint density at radius 2 is 2.00 bits per heavy atom. The van der Waals surface area contributed by atoms with E-state index in [-0.39, 0.29) is 11.8 Å². The lowest BCUT2D eigenvalue weighted by Crippen LogP contribution is -2.29. The minimum Gasteiger partial charge on any atom is -0.303 e. The molecule has 0 spiro atoms. The predicted molar refractivity (Wildman–Crippen MR) is 76.5 cm³/mol. The monoisotopic (exact) mass is 323 g/mol. The third-order valence-corrected chi connectivity index (χ3v) is 3.55. The number of halogens is 1. The van der Waals surface area contributed by atoms with Crippen LogP contribution in [0, 0.1) is 0 Å². The Hall–Kier alpha value is -1.69. The highest BCUT2D eigenvalue weighted by molar-refractivity contribution is 9.10. The molecular weight excluding hydrogens is 310 g/mol.